The van der Waals surface area contributed by atoms with Crippen molar-refractivity contribution in [3.05, 3.63) is 71.3 Å². The van der Waals surface area contributed by atoms with E-state index in [1.54, 1.807) is 0 Å². The molecule has 0 aromatic heterocycles. The number of carbonyl (C=O) groups is 1. The topological polar surface area (TPSA) is 37.3 Å². The molecule has 0 amide bonds. The Hall–Kier alpha value is -2.09. The zero-order valence-electron chi connectivity index (χ0n) is 12.0. The zero-order chi connectivity index (χ0) is 14.6. The number of benzene rings is 2. The van der Waals surface area contributed by atoms with Gasteiger partial charge in [-0.25, -0.2) is 0 Å². The van der Waals surface area contributed by atoms with Crippen LogP contribution in [0.25, 0.3) is 0 Å². The summed E-state index contributed by atoms with van der Waals surface area (Å²) in [5.41, 5.74) is 3.25. The van der Waals surface area contributed by atoms with Crippen LogP contribution in [0.3, 0.4) is 0 Å². The quantitative estimate of drug-likeness (QED) is 0.889. The van der Waals surface area contributed by atoms with Crippen LogP contribution in [0, 0.1) is 0 Å². The van der Waals surface area contributed by atoms with Crippen LogP contribution in [0.1, 0.15) is 37.0 Å². The molecule has 0 aliphatic carbocycles. The monoisotopic (exact) mass is 268 g/mol. The van der Waals surface area contributed by atoms with Crippen LogP contribution in [0.2, 0.25) is 0 Å². The molecule has 1 N–H and O–H groups in total. The van der Waals surface area contributed by atoms with Crippen LogP contribution >= 0.6 is 0 Å². The van der Waals surface area contributed by atoms with Crippen molar-refractivity contribution in [3.8, 4) is 0 Å². The molecule has 2 aromatic rings. The smallest absolute Gasteiger partial charge is 0.304 e. The predicted molar refractivity (Wildman–Crippen MR) is 81.0 cm³/mol. The highest BCUT2D eigenvalue weighted by molar-refractivity contribution is 5.68. The lowest BCUT2D eigenvalue weighted by Gasteiger charge is -2.23. The van der Waals surface area contributed by atoms with Gasteiger partial charge in [0, 0.05) is 5.41 Å². The third-order valence-electron chi connectivity index (χ3n) is 3.58. The van der Waals surface area contributed by atoms with Gasteiger partial charge in [0.05, 0.1) is 6.42 Å². The van der Waals surface area contributed by atoms with Gasteiger partial charge in [0.1, 0.15) is 0 Å². The van der Waals surface area contributed by atoms with Gasteiger partial charge < -0.3 is 5.11 Å². The zero-order valence-corrected chi connectivity index (χ0v) is 12.0. The van der Waals surface area contributed by atoms with Crippen LogP contribution in [-0.2, 0) is 16.6 Å². The highest BCUT2D eigenvalue weighted by Gasteiger charge is 2.23. The fourth-order valence-corrected chi connectivity index (χ4v) is 2.39. The molecular weight excluding hydrogens is 248 g/mol. The summed E-state index contributed by atoms with van der Waals surface area (Å²) in [6.45, 7) is 3.93. The first kappa shape index (κ1) is 14.3. The minimum atomic E-state index is -0.761. The van der Waals surface area contributed by atoms with E-state index >= 15 is 0 Å². The summed E-state index contributed by atoms with van der Waals surface area (Å²) in [5.74, 6) is -0.761. The molecule has 104 valence electrons. The molecule has 0 saturated carbocycles. The second-order valence-electron chi connectivity index (χ2n) is 5.81. The Bertz CT molecular complexity index is 568. The molecule has 2 aromatic carbocycles. The maximum Gasteiger partial charge on any atom is 0.304 e. The van der Waals surface area contributed by atoms with Gasteiger partial charge in [0.2, 0.25) is 0 Å². The van der Waals surface area contributed by atoms with E-state index in [9.17, 15) is 4.79 Å². The minimum absolute atomic E-state index is 0.144. The SMILES string of the molecule is CC(C)(CC(=O)O)c1ccc(Cc2ccccc2)cc1. The molecular formula is C18H20O2. The van der Waals surface area contributed by atoms with E-state index in [0.29, 0.717) is 0 Å². The lowest BCUT2D eigenvalue weighted by Crippen LogP contribution is -2.21. The van der Waals surface area contributed by atoms with Gasteiger partial charge in [-0.15, -0.1) is 0 Å². The van der Waals surface area contributed by atoms with E-state index in [4.69, 9.17) is 5.11 Å². The van der Waals surface area contributed by atoms with Gasteiger partial charge in [-0.3, -0.25) is 4.79 Å². The largest absolute Gasteiger partial charge is 0.481 e. The molecule has 0 atom stereocenters. The van der Waals surface area contributed by atoms with Crippen LogP contribution in [0.4, 0.5) is 0 Å². The second kappa shape index (κ2) is 5.91. The molecule has 20 heavy (non-hydrogen) atoms. The van der Waals surface area contributed by atoms with Gasteiger partial charge >= 0.3 is 5.97 Å². The van der Waals surface area contributed by atoms with Gasteiger partial charge in [0.15, 0.2) is 0 Å². The number of carboxylic acids is 1. The fraction of sp³-hybridized carbons (Fsp3) is 0.278. The highest BCUT2D eigenvalue weighted by Crippen LogP contribution is 2.27. The number of hydrogen-bond donors (Lipinski definition) is 1. The summed E-state index contributed by atoms with van der Waals surface area (Å²) in [7, 11) is 0. The molecule has 0 unspecified atom stereocenters. The Morgan fingerprint density at radius 3 is 2.05 bits per heavy atom. The number of aliphatic carboxylic acids is 1. The van der Waals surface area contributed by atoms with Crippen molar-refractivity contribution in [3.63, 3.8) is 0 Å². The molecule has 0 aliphatic heterocycles. The fourth-order valence-electron chi connectivity index (χ4n) is 2.39. The third kappa shape index (κ3) is 3.70. The van der Waals surface area contributed by atoms with Crippen molar-refractivity contribution in [1.29, 1.82) is 0 Å². The van der Waals surface area contributed by atoms with Crippen LogP contribution in [-0.4, -0.2) is 11.1 Å². The van der Waals surface area contributed by atoms with Crippen molar-refractivity contribution in [2.45, 2.75) is 32.1 Å². The first-order chi connectivity index (χ1) is 9.47. The summed E-state index contributed by atoms with van der Waals surface area (Å²) in [6, 6.07) is 18.6. The molecule has 0 heterocycles. The van der Waals surface area contributed by atoms with Crippen LogP contribution < -0.4 is 0 Å². The van der Waals surface area contributed by atoms with E-state index in [0.717, 1.165) is 12.0 Å². The number of rotatable bonds is 5. The summed E-state index contributed by atoms with van der Waals surface area (Å²) < 4.78 is 0. The molecule has 0 radical (unpaired) electrons. The van der Waals surface area contributed by atoms with E-state index in [2.05, 4.69) is 24.3 Å². The minimum Gasteiger partial charge on any atom is -0.481 e. The summed E-state index contributed by atoms with van der Waals surface area (Å²) in [5, 5.41) is 8.96. The standard InChI is InChI=1S/C18H20O2/c1-18(2,13-17(19)20)16-10-8-15(9-11-16)12-14-6-4-3-5-7-14/h3-11H,12-13H2,1-2H3,(H,19,20). The molecule has 0 fully saturated rings. The maximum absolute atomic E-state index is 10.9. The van der Waals surface area contributed by atoms with Gasteiger partial charge in [0.25, 0.3) is 0 Å². The third-order valence-corrected chi connectivity index (χ3v) is 3.58. The van der Waals surface area contributed by atoms with Gasteiger partial charge in [-0.2, -0.15) is 0 Å². The van der Waals surface area contributed by atoms with E-state index in [-0.39, 0.29) is 11.8 Å². The predicted octanol–water partition coefficient (Wildman–Crippen LogP) is 4.03. The highest BCUT2D eigenvalue weighted by atomic mass is 16.4. The van der Waals surface area contributed by atoms with E-state index < -0.39 is 5.97 Å². The van der Waals surface area contributed by atoms with Gasteiger partial charge in [-0.1, -0.05) is 68.4 Å². The lowest BCUT2D eigenvalue weighted by molar-refractivity contribution is -0.138. The molecule has 0 saturated heterocycles. The van der Waals surface area contributed by atoms with Crippen LogP contribution in [0.15, 0.2) is 54.6 Å². The first-order valence-corrected chi connectivity index (χ1v) is 6.82. The van der Waals surface area contributed by atoms with E-state index in [1.807, 2.05) is 44.2 Å². The summed E-state index contributed by atoms with van der Waals surface area (Å²) in [4.78, 5) is 10.9. The Kier molecular flexibility index (Phi) is 4.23. The van der Waals surface area contributed by atoms with Crippen molar-refractivity contribution in [2.75, 3.05) is 0 Å². The lowest BCUT2D eigenvalue weighted by atomic mass is 9.81. The Morgan fingerprint density at radius 2 is 1.50 bits per heavy atom. The first-order valence-electron chi connectivity index (χ1n) is 6.82. The van der Waals surface area contributed by atoms with Crippen LogP contribution in [0.5, 0.6) is 0 Å². The molecule has 0 spiro atoms. The van der Waals surface area contributed by atoms with Gasteiger partial charge in [-0.05, 0) is 23.1 Å². The maximum atomic E-state index is 10.9. The second-order valence-corrected chi connectivity index (χ2v) is 5.81. The molecule has 2 nitrogen and oxygen atoms in total. The normalized spacial score (nSPS) is 11.3. The molecule has 2 rings (SSSR count). The number of hydrogen-bond acceptors (Lipinski definition) is 1. The Morgan fingerprint density at radius 1 is 0.950 bits per heavy atom. The average molecular weight is 268 g/mol. The number of carboxylic acid groups (broad SMARTS) is 1. The average Bonchev–Trinajstić information content (AvgIpc) is 2.39. The van der Waals surface area contributed by atoms with Crippen molar-refractivity contribution < 1.29 is 9.90 Å². The molecule has 2 heteroatoms. The van der Waals surface area contributed by atoms with E-state index in [1.165, 1.54) is 11.1 Å². The summed E-state index contributed by atoms with van der Waals surface area (Å²) >= 11 is 0. The van der Waals surface area contributed by atoms with Crippen molar-refractivity contribution in [2.24, 2.45) is 0 Å². The Labute approximate surface area is 120 Å². The van der Waals surface area contributed by atoms with Crippen molar-refractivity contribution >= 4 is 5.97 Å². The molecule has 0 aliphatic rings. The Balaban J connectivity index is 2.12. The molecule has 0 bridgehead atoms. The summed E-state index contributed by atoms with van der Waals surface area (Å²) in [6.07, 6.45) is 1.05. The van der Waals surface area contributed by atoms with Crippen molar-refractivity contribution in [1.82, 2.24) is 0 Å².